The maximum atomic E-state index is 14.2. The van der Waals surface area contributed by atoms with Crippen LogP contribution in [-0.2, 0) is 26.8 Å². The zero-order chi connectivity index (χ0) is 34.9. The number of hydrogen-bond donors (Lipinski definition) is 4. The van der Waals surface area contributed by atoms with Gasteiger partial charge in [0.15, 0.2) is 0 Å². The fraction of sp³-hybridized carbons (Fsp3) is 0.486. The van der Waals surface area contributed by atoms with E-state index in [1.165, 1.54) is 0 Å². The first-order valence-electron chi connectivity index (χ1n) is 17.2. The molecule has 0 radical (unpaired) electrons. The summed E-state index contributed by atoms with van der Waals surface area (Å²) in [5, 5.41) is 14.1. The van der Waals surface area contributed by atoms with E-state index in [0.29, 0.717) is 54.7 Å². The molecule has 0 unspecified atom stereocenters. The summed E-state index contributed by atoms with van der Waals surface area (Å²) in [6.45, 7) is 9.27. The fourth-order valence-corrected chi connectivity index (χ4v) is 7.51. The van der Waals surface area contributed by atoms with Crippen molar-refractivity contribution in [1.82, 2.24) is 35.7 Å². The van der Waals surface area contributed by atoms with Gasteiger partial charge in [-0.05, 0) is 79.3 Å². The molecule has 1 aliphatic heterocycles. The van der Waals surface area contributed by atoms with Crippen LogP contribution < -0.4 is 16.0 Å². The zero-order valence-corrected chi connectivity index (χ0v) is 29.6. The molecule has 260 valence electrons. The molecule has 6 rings (SSSR count). The number of amides is 3. The molecule has 1 saturated carbocycles. The number of imidazole rings is 1. The van der Waals surface area contributed by atoms with Crippen molar-refractivity contribution in [2.75, 3.05) is 19.8 Å². The summed E-state index contributed by atoms with van der Waals surface area (Å²) in [6.07, 6.45) is 4.52. The van der Waals surface area contributed by atoms with Crippen LogP contribution in [0.2, 0.25) is 5.02 Å². The van der Waals surface area contributed by atoms with E-state index < -0.39 is 17.5 Å². The summed E-state index contributed by atoms with van der Waals surface area (Å²) >= 11 is 6.84. The van der Waals surface area contributed by atoms with Gasteiger partial charge < -0.3 is 25.7 Å². The second-order valence-corrected chi connectivity index (χ2v) is 14.5. The van der Waals surface area contributed by atoms with Gasteiger partial charge in [-0.2, -0.15) is 5.10 Å². The third-order valence-corrected chi connectivity index (χ3v) is 10.8. The second kappa shape index (κ2) is 14.0. The van der Waals surface area contributed by atoms with E-state index in [1.54, 1.807) is 24.0 Å². The maximum absolute atomic E-state index is 14.2. The molecule has 12 heteroatoms. The van der Waals surface area contributed by atoms with E-state index in [2.05, 4.69) is 33.0 Å². The van der Waals surface area contributed by atoms with E-state index in [0.717, 1.165) is 29.5 Å². The topological polar surface area (TPSA) is 143 Å². The minimum atomic E-state index is -0.897. The van der Waals surface area contributed by atoms with Crippen molar-refractivity contribution in [1.29, 1.82) is 0 Å². The molecule has 1 aliphatic carbocycles. The van der Waals surface area contributed by atoms with E-state index in [-0.39, 0.29) is 35.0 Å². The van der Waals surface area contributed by atoms with Crippen LogP contribution in [0.4, 0.5) is 0 Å². The molecule has 0 bridgehead atoms. The van der Waals surface area contributed by atoms with Gasteiger partial charge in [0, 0.05) is 43.9 Å². The number of likely N-dealkylation sites (N-methyl/N-ethyl adjacent to an activating group) is 1. The molecule has 4 N–H and O–H groups in total. The Morgan fingerprint density at radius 1 is 1.04 bits per heavy atom. The largest absolute Gasteiger partial charge is 0.381 e. The Morgan fingerprint density at radius 2 is 1.78 bits per heavy atom. The number of aromatic amines is 1. The maximum Gasteiger partial charge on any atom is 0.270 e. The van der Waals surface area contributed by atoms with Crippen molar-refractivity contribution >= 4 is 40.4 Å². The van der Waals surface area contributed by atoms with Gasteiger partial charge in [0.25, 0.3) is 5.91 Å². The van der Waals surface area contributed by atoms with Gasteiger partial charge in [0.2, 0.25) is 11.8 Å². The minimum Gasteiger partial charge on any atom is -0.381 e. The number of benzene rings is 2. The minimum absolute atomic E-state index is 0.0945. The van der Waals surface area contributed by atoms with Gasteiger partial charge in [0.05, 0.1) is 22.5 Å². The lowest BCUT2D eigenvalue weighted by Gasteiger charge is -2.37. The van der Waals surface area contributed by atoms with Gasteiger partial charge in [0.1, 0.15) is 17.6 Å². The average molecular weight is 688 g/mol. The van der Waals surface area contributed by atoms with Crippen molar-refractivity contribution in [2.45, 2.75) is 76.8 Å². The number of carbonyl (C=O) groups is 3. The first-order valence-corrected chi connectivity index (χ1v) is 17.5. The second-order valence-electron chi connectivity index (χ2n) is 14.1. The molecule has 49 heavy (non-hydrogen) atoms. The molecule has 3 heterocycles. The normalized spacial score (nSPS) is 18.4. The number of rotatable bonds is 12. The van der Waals surface area contributed by atoms with Crippen LogP contribution in [0, 0.1) is 11.3 Å². The predicted octanol–water partition coefficient (Wildman–Crippen LogP) is 5.33. The lowest BCUT2D eigenvalue weighted by molar-refractivity contribution is -0.135. The van der Waals surface area contributed by atoms with Crippen molar-refractivity contribution in [3.05, 3.63) is 82.4 Å². The average Bonchev–Trinajstić information content (AvgIpc) is 3.45. The summed E-state index contributed by atoms with van der Waals surface area (Å²) in [7, 11) is 1.74. The first-order chi connectivity index (χ1) is 23.5. The zero-order valence-electron chi connectivity index (χ0n) is 28.8. The van der Waals surface area contributed by atoms with Crippen molar-refractivity contribution in [2.24, 2.45) is 18.4 Å². The molecular weight excluding hydrogens is 642 g/mol. The van der Waals surface area contributed by atoms with Crippen molar-refractivity contribution in [3.8, 4) is 0 Å². The van der Waals surface area contributed by atoms with Gasteiger partial charge >= 0.3 is 0 Å². The number of H-pyrrole nitrogens is 1. The molecule has 2 fully saturated rings. The lowest BCUT2D eigenvalue weighted by atomic mass is 9.73. The van der Waals surface area contributed by atoms with Gasteiger partial charge in [-0.15, -0.1) is 0 Å². The third kappa shape index (κ3) is 6.83. The fourth-order valence-electron chi connectivity index (χ4n) is 7.25. The van der Waals surface area contributed by atoms with Gasteiger partial charge in [-0.3, -0.25) is 19.1 Å². The molecule has 3 atom stereocenters. The van der Waals surface area contributed by atoms with Crippen LogP contribution in [0.25, 0.3) is 11.0 Å². The van der Waals surface area contributed by atoms with E-state index >= 15 is 0 Å². The number of halogens is 1. The van der Waals surface area contributed by atoms with Crippen LogP contribution in [0.5, 0.6) is 0 Å². The van der Waals surface area contributed by atoms with Gasteiger partial charge in [-0.25, -0.2) is 4.98 Å². The Hall–Kier alpha value is -4.22. The number of aryl methyl sites for hydroxylation is 1. The molecule has 4 aromatic rings. The van der Waals surface area contributed by atoms with E-state index in [9.17, 15) is 14.4 Å². The Balaban J connectivity index is 1.41. The number of carbonyl (C=O) groups excluding carboxylic acids is 3. The summed E-state index contributed by atoms with van der Waals surface area (Å²) in [5.74, 6) is -0.324. The van der Waals surface area contributed by atoms with Crippen LogP contribution in [0.1, 0.15) is 92.8 Å². The molecule has 2 aliphatic rings. The molecule has 2 aromatic carbocycles. The molecule has 2 aromatic heterocycles. The number of ether oxygens (including phenoxy) is 1. The molecule has 3 amide bonds. The number of fused-ring (bicyclic) bond motifs is 1. The van der Waals surface area contributed by atoms with Crippen LogP contribution in [-0.4, -0.2) is 63.3 Å². The highest BCUT2D eigenvalue weighted by atomic mass is 35.5. The quantitative estimate of drug-likeness (QED) is 0.159. The first kappa shape index (κ1) is 34.6. The van der Waals surface area contributed by atoms with Crippen LogP contribution >= 0.6 is 11.6 Å². The van der Waals surface area contributed by atoms with Crippen molar-refractivity contribution < 1.29 is 19.1 Å². The third-order valence-electron chi connectivity index (χ3n) is 10.4. The highest BCUT2D eigenvalue weighted by Crippen LogP contribution is 2.60. The Kier molecular flexibility index (Phi) is 9.86. The van der Waals surface area contributed by atoms with E-state index in [1.807, 2.05) is 63.2 Å². The number of nitrogens with one attached hydrogen (secondary N) is 4. The highest BCUT2D eigenvalue weighted by molar-refractivity contribution is 6.31. The molecular formula is C37H46ClN7O4. The summed E-state index contributed by atoms with van der Waals surface area (Å²) in [6, 6.07) is 14.1. The molecule has 0 spiro atoms. The van der Waals surface area contributed by atoms with Crippen LogP contribution in [0.3, 0.4) is 0 Å². The highest BCUT2D eigenvalue weighted by Gasteiger charge is 2.51. The van der Waals surface area contributed by atoms with Crippen LogP contribution in [0.15, 0.2) is 54.7 Å². The Morgan fingerprint density at radius 3 is 2.41 bits per heavy atom. The smallest absolute Gasteiger partial charge is 0.270 e. The van der Waals surface area contributed by atoms with E-state index in [4.69, 9.17) is 21.3 Å². The molecule has 11 nitrogen and oxygen atoms in total. The monoisotopic (exact) mass is 687 g/mol. The number of hydrogen-bond acceptors (Lipinski definition) is 6. The SMILES string of the molecule is CCNC(=O)[C@H](NC(=O)C1(c2ccc3nc([C@@H](NC(=O)c4ccnn4C)[C@H](c4ccccc4Cl)C4(C)CC4)[nH]c3c2)CCOCC1)C(C)C. The van der Waals surface area contributed by atoms with Gasteiger partial charge in [-0.1, -0.05) is 56.6 Å². The lowest BCUT2D eigenvalue weighted by Crippen LogP contribution is -2.56. The van der Waals surface area contributed by atoms with Crippen molar-refractivity contribution in [3.63, 3.8) is 0 Å². The predicted molar refractivity (Wildman–Crippen MR) is 188 cm³/mol. The summed E-state index contributed by atoms with van der Waals surface area (Å²) in [4.78, 5) is 49.5. The Labute approximate surface area is 291 Å². The standard InChI is InChI=1S/C37H46ClN7O4/c1-6-39-34(47)30(22(2)3)44-35(48)37(16-19-49-20-17-37)23-11-12-26-27(21-23)42-32(41-26)31(43-33(46)28-13-18-40-45(28)5)29(36(4)14-15-36)24-9-7-8-10-25(24)38/h7-13,18,21-22,29-31H,6,14-17,19-20H2,1-5H3,(H,39,47)(H,41,42)(H,43,46)(H,44,48)/t29-,30+,31-/m0/s1. The molecule has 1 saturated heterocycles. The summed E-state index contributed by atoms with van der Waals surface area (Å²) in [5.41, 5.74) is 2.65. The number of aromatic nitrogens is 4. The summed E-state index contributed by atoms with van der Waals surface area (Å²) < 4.78 is 7.26. The number of nitrogens with zero attached hydrogens (tertiary/aromatic N) is 3. The Bertz CT molecular complexity index is 1840.